The first-order chi connectivity index (χ1) is 10.0. The summed E-state index contributed by atoms with van der Waals surface area (Å²) in [6.45, 7) is 1.55. The fraction of sp³-hybridized carbons (Fsp3) is 0.118. The van der Waals surface area contributed by atoms with Gasteiger partial charge in [-0.15, -0.1) is 0 Å². The van der Waals surface area contributed by atoms with Gasteiger partial charge in [-0.1, -0.05) is 18.2 Å². The molecule has 0 unspecified atom stereocenters. The first-order valence-corrected chi connectivity index (χ1v) is 6.41. The van der Waals surface area contributed by atoms with Crippen molar-refractivity contribution in [3.8, 4) is 17.2 Å². The van der Waals surface area contributed by atoms with Gasteiger partial charge in [0.15, 0.2) is 5.78 Å². The lowest BCUT2D eigenvalue weighted by atomic mass is 10.0. The molecule has 0 spiro atoms. The highest BCUT2D eigenvalue weighted by Crippen LogP contribution is 2.29. The van der Waals surface area contributed by atoms with Crippen LogP contribution in [0.4, 0.5) is 0 Å². The number of carbonyl (C=O) groups excluding carboxylic acids is 1. The smallest absolute Gasteiger partial charge is 0.189 e. The van der Waals surface area contributed by atoms with Crippen molar-refractivity contribution in [1.29, 1.82) is 0 Å². The molecule has 0 aliphatic rings. The van der Waals surface area contributed by atoms with Crippen LogP contribution >= 0.6 is 0 Å². The second-order valence-corrected chi connectivity index (χ2v) is 4.58. The number of carbonyl (C=O) groups is 1. The van der Waals surface area contributed by atoms with Gasteiger partial charge >= 0.3 is 0 Å². The van der Waals surface area contributed by atoms with Gasteiger partial charge in [0.1, 0.15) is 17.2 Å². The molecule has 2 rings (SSSR count). The van der Waals surface area contributed by atoms with Crippen molar-refractivity contribution >= 4 is 11.9 Å². The van der Waals surface area contributed by atoms with E-state index < -0.39 is 0 Å². The zero-order valence-electron chi connectivity index (χ0n) is 11.8. The Labute approximate surface area is 122 Å². The van der Waals surface area contributed by atoms with Gasteiger partial charge in [0.2, 0.25) is 0 Å². The molecule has 0 radical (unpaired) electrons. The highest BCUT2D eigenvalue weighted by molar-refractivity contribution is 6.08. The monoisotopic (exact) mass is 284 g/mol. The predicted molar refractivity (Wildman–Crippen MR) is 80.9 cm³/mol. The van der Waals surface area contributed by atoms with E-state index in [9.17, 15) is 15.0 Å². The number of ether oxygens (including phenoxy) is 1. The van der Waals surface area contributed by atoms with Crippen molar-refractivity contribution < 1.29 is 19.7 Å². The molecule has 0 fully saturated rings. The SMILES string of the molecule is COc1ccc(C=CC(=O)c2ccc(O)c(C)c2O)cc1. The van der Waals surface area contributed by atoms with Crippen LogP contribution < -0.4 is 4.74 Å². The molecular formula is C17H16O4. The summed E-state index contributed by atoms with van der Waals surface area (Å²) in [6.07, 6.45) is 3.04. The summed E-state index contributed by atoms with van der Waals surface area (Å²) < 4.78 is 5.06. The molecule has 0 saturated heterocycles. The molecule has 0 heterocycles. The number of ketones is 1. The normalized spacial score (nSPS) is 10.8. The Bertz CT molecular complexity index is 685. The average Bonchev–Trinajstić information content (AvgIpc) is 2.51. The van der Waals surface area contributed by atoms with E-state index in [1.54, 1.807) is 32.2 Å². The molecule has 0 aromatic heterocycles. The summed E-state index contributed by atoms with van der Waals surface area (Å²) in [7, 11) is 1.59. The minimum atomic E-state index is -0.327. The van der Waals surface area contributed by atoms with Crippen LogP contribution in [0.3, 0.4) is 0 Å². The van der Waals surface area contributed by atoms with E-state index in [1.807, 2.05) is 12.1 Å². The average molecular weight is 284 g/mol. The molecule has 108 valence electrons. The molecule has 2 N–H and O–H groups in total. The molecule has 21 heavy (non-hydrogen) atoms. The Morgan fingerprint density at radius 1 is 1.10 bits per heavy atom. The summed E-state index contributed by atoms with van der Waals surface area (Å²) in [5.41, 5.74) is 1.30. The van der Waals surface area contributed by atoms with Crippen LogP contribution in [0.15, 0.2) is 42.5 Å². The molecule has 0 aliphatic carbocycles. The quantitative estimate of drug-likeness (QED) is 0.667. The lowest BCUT2D eigenvalue weighted by Gasteiger charge is -2.05. The topological polar surface area (TPSA) is 66.8 Å². The van der Waals surface area contributed by atoms with Crippen LogP contribution in [0.1, 0.15) is 21.5 Å². The Hall–Kier alpha value is -2.75. The second kappa shape index (κ2) is 6.13. The first-order valence-electron chi connectivity index (χ1n) is 6.41. The highest BCUT2D eigenvalue weighted by Gasteiger charge is 2.12. The molecule has 2 aromatic rings. The standard InChI is InChI=1S/C17H16O4/c1-11-15(18)10-8-14(17(11)20)16(19)9-5-12-3-6-13(21-2)7-4-12/h3-10,18,20H,1-2H3. The van der Waals surface area contributed by atoms with Gasteiger partial charge in [-0.3, -0.25) is 4.79 Å². The third kappa shape index (κ3) is 3.23. The van der Waals surface area contributed by atoms with Crippen LogP contribution in [-0.2, 0) is 0 Å². The number of methoxy groups -OCH3 is 1. The number of hydrogen-bond donors (Lipinski definition) is 2. The molecular weight excluding hydrogens is 268 g/mol. The summed E-state index contributed by atoms with van der Waals surface area (Å²) in [6, 6.07) is 10.0. The number of hydrogen-bond acceptors (Lipinski definition) is 4. The van der Waals surface area contributed by atoms with Gasteiger partial charge in [0.05, 0.1) is 12.7 Å². The molecule has 0 saturated carbocycles. The maximum atomic E-state index is 12.1. The van der Waals surface area contributed by atoms with Crippen molar-refractivity contribution in [3.63, 3.8) is 0 Å². The zero-order valence-corrected chi connectivity index (χ0v) is 11.8. The molecule has 0 atom stereocenters. The number of aromatic hydroxyl groups is 2. The molecule has 4 heteroatoms. The molecule has 0 amide bonds. The lowest BCUT2D eigenvalue weighted by molar-refractivity contribution is 0.104. The van der Waals surface area contributed by atoms with E-state index in [1.165, 1.54) is 18.2 Å². The van der Waals surface area contributed by atoms with Gasteiger partial charge in [-0.2, -0.15) is 0 Å². The van der Waals surface area contributed by atoms with Crippen LogP contribution in [0, 0.1) is 6.92 Å². The van der Waals surface area contributed by atoms with E-state index in [-0.39, 0.29) is 22.8 Å². The number of benzene rings is 2. The van der Waals surface area contributed by atoms with Gasteiger partial charge in [-0.25, -0.2) is 0 Å². The summed E-state index contributed by atoms with van der Waals surface area (Å²) in [5.74, 6) is 0.180. The van der Waals surface area contributed by atoms with Gasteiger partial charge in [-0.05, 0) is 42.8 Å². The molecule has 2 aromatic carbocycles. The van der Waals surface area contributed by atoms with Crippen molar-refractivity contribution in [2.75, 3.05) is 7.11 Å². The Balaban J connectivity index is 2.21. The van der Waals surface area contributed by atoms with Crippen LogP contribution in [0.2, 0.25) is 0 Å². The fourth-order valence-corrected chi connectivity index (χ4v) is 1.87. The third-order valence-electron chi connectivity index (χ3n) is 3.21. The highest BCUT2D eigenvalue weighted by atomic mass is 16.5. The third-order valence-corrected chi connectivity index (χ3v) is 3.21. The summed E-state index contributed by atoms with van der Waals surface area (Å²) in [5, 5.41) is 19.3. The molecule has 0 aliphatic heterocycles. The van der Waals surface area contributed by atoms with Crippen molar-refractivity contribution in [2.45, 2.75) is 6.92 Å². The van der Waals surface area contributed by atoms with Crippen molar-refractivity contribution in [2.24, 2.45) is 0 Å². The molecule has 0 bridgehead atoms. The van der Waals surface area contributed by atoms with E-state index in [2.05, 4.69) is 0 Å². The summed E-state index contributed by atoms with van der Waals surface area (Å²) >= 11 is 0. The minimum absolute atomic E-state index is 0.0387. The Morgan fingerprint density at radius 2 is 1.76 bits per heavy atom. The van der Waals surface area contributed by atoms with Gasteiger partial charge in [0, 0.05) is 5.56 Å². The van der Waals surface area contributed by atoms with Crippen LogP contribution in [0.5, 0.6) is 17.2 Å². The van der Waals surface area contributed by atoms with Crippen LogP contribution in [-0.4, -0.2) is 23.1 Å². The first kappa shape index (κ1) is 14.7. The van der Waals surface area contributed by atoms with E-state index in [4.69, 9.17) is 4.74 Å². The van der Waals surface area contributed by atoms with E-state index >= 15 is 0 Å². The van der Waals surface area contributed by atoms with Gasteiger partial charge in [0.25, 0.3) is 0 Å². The van der Waals surface area contributed by atoms with E-state index in [0.717, 1.165) is 11.3 Å². The van der Waals surface area contributed by atoms with Crippen LogP contribution in [0.25, 0.3) is 6.08 Å². The number of rotatable bonds is 4. The van der Waals surface area contributed by atoms with E-state index in [0.29, 0.717) is 5.56 Å². The Morgan fingerprint density at radius 3 is 2.38 bits per heavy atom. The second-order valence-electron chi connectivity index (χ2n) is 4.58. The van der Waals surface area contributed by atoms with Gasteiger partial charge < -0.3 is 14.9 Å². The predicted octanol–water partition coefficient (Wildman–Crippen LogP) is 3.31. The number of phenols is 2. The maximum Gasteiger partial charge on any atom is 0.189 e. The summed E-state index contributed by atoms with van der Waals surface area (Å²) in [4.78, 5) is 12.1. The fourth-order valence-electron chi connectivity index (χ4n) is 1.87. The number of allylic oxidation sites excluding steroid dienone is 1. The number of phenolic OH excluding ortho intramolecular Hbond substituents is 2. The molecule has 4 nitrogen and oxygen atoms in total. The lowest BCUT2D eigenvalue weighted by Crippen LogP contribution is -1.96. The Kier molecular flexibility index (Phi) is 4.28. The van der Waals surface area contributed by atoms with Crippen molar-refractivity contribution in [3.05, 3.63) is 59.2 Å². The minimum Gasteiger partial charge on any atom is -0.508 e. The maximum absolute atomic E-state index is 12.1. The van der Waals surface area contributed by atoms with Crippen molar-refractivity contribution in [1.82, 2.24) is 0 Å². The zero-order chi connectivity index (χ0) is 15.4. The largest absolute Gasteiger partial charge is 0.508 e.